The zero-order valence-electron chi connectivity index (χ0n) is 12.5. The summed E-state index contributed by atoms with van der Waals surface area (Å²) in [6, 6.07) is 12.7. The van der Waals surface area contributed by atoms with Gasteiger partial charge in [0.1, 0.15) is 17.3 Å². The third-order valence-electron chi connectivity index (χ3n) is 3.12. The van der Waals surface area contributed by atoms with Crippen LogP contribution in [-0.4, -0.2) is 19.1 Å². The molecule has 1 atom stereocenters. The molecule has 0 fully saturated rings. The van der Waals surface area contributed by atoms with Crippen LogP contribution in [0.4, 0.5) is 10.1 Å². The molecule has 4 nitrogen and oxygen atoms in total. The van der Waals surface area contributed by atoms with Crippen LogP contribution in [-0.2, 0) is 4.79 Å². The Morgan fingerprint density at radius 1 is 1.18 bits per heavy atom. The normalized spacial score (nSPS) is 11.6. The molecule has 0 spiro atoms. The predicted molar refractivity (Wildman–Crippen MR) is 82.7 cm³/mol. The number of carbonyl (C=O) groups is 1. The van der Waals surface area contributed by atoms with E-state index in [9.17, 15) is 9.18 Å². The molecule has 2 rings (SSSR count). The van der Waals surface area contributed by atoms with E-state index in [2.05, 4.69) is 5.32 Å². The Bertz CT molecular complexity index is 628. The fourth-order valence-corrected chi connectivity index (χ4v) is 1.96. The van der Waals surface area contributed by atoms with Crippen molar-refractivity contribution in [3.63, 3.8) is 0 Å². The predicted octanol–water partition coefficient (Wildman–Crippen LogP) is 3.63. The summed E-state index contributed by atoms with van der Waals surface area (Å²) < 4.78 is 23.7. The molecule has 1 N–H and O–H groups in total. The maximum atomic E-state index is 12.9. The quantitative estimate of drug-likeness (QED) is 0.886. The Kier molecular flexibility index (Phi) is 5.36. The zero-order valence-corrected chi connectivity index (χ0v) is 12.5. The van der Waals surface area contributed by atoms with Gasteiger partial charge in [-0.15, -0.1) is 0 Å². The van der Waals surface area contributed by atoms with Gasteiger partial charge in [-0.2, -0.15) is 0 Å². The van der Waals surface area contributed by atoms with Gasteiger partial charge in [0, 0.05) is 0 Å². The summed E-state index contributed by atoms with van der Waals surface area (Å²) in [5.41, 5.74) is 0.580. The summed E-state index contributed by atoms with van der Waals surface area (Å²) in [6.45, 7) is 1.84. The molecule has 5 heteroatoms. The maximum absolute atomic E-state index is 12.9. The summed E-state index contributed by atoms with van der Waals surface area (Å²) in [7, 11) is 1.54. The molecule has 22 heavy (non-hydrogen) atoms. The van der Waals surface area contributed by atoms with Gasteiger partial charge in [0.15, 0.2) is 6.10 Å². The van der Waals surface area contributed by atoms with Crippen molar-refractivity contribution in [3.05, 3.63) is 54.3 Å². The minimum atomic E-state index is -0.671. The lowest BCUT2D eigenvalue weighted by molar-refractivity contribution is -0.122. The van der Waals surface area contributed by atoms with Crippen molar-refractivity contribution < 1.29 is 18.7 Å². The third kappa shape index (κ3) is 3.97. The molecule has 0 unspecified atom stereocenters. The minimum Gasteiger partial charge on any atom is -0.495 e. The Balaban J connectivity index is 2.07. The highest BCUT2D eigenvalue weighted by Gasteiger charge is 2.19. The van der Waals surface area contributed by atoms with Crippen LogP contribution in [0, 0.1) is 5.82 Å². The number of hydrogen-bond donors (Lipinski definition) is 1. The van der Waals surface area contributed by atoms with Crippen molar-refractivity contribution in [2.45, 2.75) is 19.4 Å². The second kappa shape index (κ2) is 7.45. The van der Waals surface area contributed by atoms with Crippen LogP contribution in [0.25, 0.3) is 0 Å². The summed E-state index contributed by atoms with van der Waals surface area (Å²) in [5.74, 6) is 0.395. The number of anilines is 1. The maximum Gasteiger partial charge on any atom is 0.265 e. The van der Waals surface area contributed by atoms with Crippen LogP contribution < -0.4 is 14.8 Å². The zero-order chi connectivity index (χ0) is 15.9. The van der Waals surface area contributed by atoms with E-state index in [1.165, 1.54) is 31.4 Å². The molecule has 0 aliphatic carbocycles. The van der Waals surface area contributed by atoms with Crippen LogP contribution in [0.2, 0.25) is 0 Å². The lowest BCUT2D eigenvalue weighted by Gasteiger charge is -2.18. The van der Waals surface area contributed by atoms with Crippen LogP contribution in [0.15, 0.2) is 48.5 Å². The first kappa shape index (κ1) is 15.8. The van der Waals surface area contributed by atoms with E-state index in [0.717, 1.165) is 0 Å². The van der Waals surface area contributed by atoms with Gasteiger partial charge in [-0.05, 0) is 42.8 Å². The lowest BCUT2D eigenvalue weighted by Crippen LogP contribution is -2.32. The molecule has 0 aromatic heterocycles. The lowest BCUT2D eigenvalue weighted by atomic mass is 10.2. The molecule has 0 saturated carbocycles. The second-order valence-electron chi connectivity index (χ2n) is 4.66. The molecule has 0 aliphatic rings. The topological polar surface area (TPSA) is 47.6 Å². The summed E-state index contributed by atoms with van der Waals surface area (Å²) >= 11 is 0. The average Bonchev–Trinajstić information content (AvgIpc) is 2.54. The van der Waals surface area contributed by atoms with Crippen LogP contribution >= 0.6 is 0 Å². The third-order valence-corrected chi connectivity index (χ3v) is 3.12. The van der Waals surface area contributed by atoms with Crippen LogP contribution in [0.5, 0.6) is 11.5 Å². The number of nitrogens with one attached hydrogen (secondary N) is 1. The Morgan fingerprint density at radius 3 is 2.50 bits per heavy atom. The number of rotatable bonds is 6. The van der Waals surface area contributed by atoms with Gasteiger partial charge >= 0.3 is 0 Å². The number of benzene rings is 2. The molecular weight excluding hydrogens is 285 g/mol. The number of carbonyl (C=O) groups excluding carboxylic acids is 1. The van der Waals surface area contributed by atoms with Crippen molar-refractivity contribution in [1.82, 2.24) is 0 Å². The van der Waals surface area contributed by atoms with Crippen molar-refractivity contribution >= 4 is 11.6 Å². The van der Waals surface area contributed by atoms with Crippen molar-refractivity contribution in [2.24, 2.45) is 0 Å². The summed E-state index contributed by atoms with van der Waals surface area (Å²) in [5, 5.41) is 2.78. The van der Waals surface area contributed by atoms with Crippen LogP contribution in [0.3, 0.4) is 0 Å². The first-order valence-corrected chi connectivity index (χ1v) is 7.00. The Hall–Kier alpha value is -2.56. The van der Waals surface area contributed by atoms with Crippen molar-refractivity contribution in [1.29, 1.82) is 0 Å². The van der Waals surface area contributed by atoms with Gasteiger partial charge in [-0.25, -0.2) is 4.39 Å². The first-order chi connectivity index (χ1) is 10.6. The average molecular weight is 303 g/mol. The van der Waals surface area contributed by atoms with E-state index in [4.69, 9.17) is 9.47 Å². The molecule has 0 aliphatic heterocycles. The number of hydrogen-bond acceptors (Lipinski definition) is 3. The molecule has 0 bridgehead atoms. The largest absolute Gasteiger partial charge is 0.495 e. The van der Waals surface area contributed by atoms with Crippen molar-refractivity contribution in [3.8, 4) is 11.5 Å². The SMILES string of the molecule is CC[C@H](Oc1ccc(F)cc1)C(=O)Nc1ccccc1OC. The van der Waals surface area contributed by atoms with E-state index in [1.807, 2.05) is 13.0 Å². The highest BCUT2D eigenvalue weighted by Crippen LogP contribution is 2.24. The number of amides is 1. The Labute approximate surface area is 128 Å². The van der Waals surface area contributed by atoms with Gasteiger partial charge in [0.25, 0.3) is 5.91 Å². The number of halogens is 1. The van der Waals surface area contributed by atoms with E-state index in [0.29, 0.717) is 23.6 Å². The minimum absolute atomic E-state index is 0.281. The van der Waals surface area contributed by atoms with E-state index in [-0.39, 0.29) is 11.7 Å². The van der Waals surface area contributed by atoms with E-state index >= 15 is 0 Å². The highest BCUT2D eigenvalue weighted by molar-refractivity contribution is 5.95. The van der Waals surface area contributed by atoms with E-state index < -0.39 is 6.10 Å². The van der Waals surface area contributed by atoms with Gasteiger partial charge in [-0.3, -0.25) is 4.79 Å². The summed E-state index contributed by atoms with van der Waals surface area (Å²) in [4.78, 5) is 12.3. The smallest absolute Gasteiger partial charge is 0.265 e. The fraction of sp³-hybridized carbons (Fsp3) is 0.235. The Morgan fingerprint density at radius 2 is 1.86 bits per heavy atom. The summed E-state index contributed by atoms with van der Waals surface area (Å²) in [6.07, 6.45) is -0.186. The standard InChI is InChI=1S/C17H18FNO3/c1-3-15(22-13-10-8-12(18)9-11-13)17(20)19-14-6-4-5-7-16(14)21-2/h4-11,15H,3H2,1-2H3,(H,19,20)/t15-/m0/s1. The highest BCUT2D eigenvalue weighted by atomic mass is 19.1. The molecule has 2 aromatic carbocycles. The first-order valence-electron chi connectivity index (χ1n) is 7.00. The molecule has 0 heterocycles. The van der Waals surface area contributed by atoms with Gasteiger partial charge in [0.2, 0.25) is 0 Å². The monoisotopic (exact) mass is 303 g/mol. The molecule has 1 amide bonds. The fourth-order valence-electron chi connectivity index (χ4n) is 1.96. The van der Waals surface area contributed by atoms with Crippen LogP contribution in [0.1, 0.15) is 13.3 Å². The molecule has 0 saturated heterocycles. The molecule has 116 valence electrons. The number of ether oxygens (including phenoxy) is 2. The second-order valence-corrected chi connectivity index (χ2v) is 4.66. The van der Waals surface area contributed by atoms with Gasteiger partial charge in [-0.1, -0.05) is 19.1 Å². The molecular formula is C17H18FNO3. The van der Waals surface area contributed by atoms with E-state index in [1.54, 1.807) is 18.2 Å². The van der Waals surface area contributed by atoms with Crippen molar-refractivity contribution in [2.75, 3.05) is 12.4 Å². The number of para-hydroxylation sites is 2. The molecule has 0 radical (unpaired) electrons. The van der Waals surface area contributed by atoms with Gasteiger partial charge < -0.3 is 14.8 Å². The molecule has 2 aromatic rings. The van der Waals surface area contributed by atoms with Gasteiger partial charge in [0.05, 0.1) is 12.8 Å². The number of methoxy groups -OCH3 is 1.